The number of nitrogens with zero attached hydrogens (tertiary/aromatic N) is 4. The number of aromatic nitrogens is 4. The number of ether oxygens (including phenoxy) is 2. The van der Waals surface area contributed by atoms with Crippen LogP contribution in [0.4, 0.5) is 13.2 Å². The normalized spacial score (nSPS) is 12.6. The lowest BCUT2D eigenvalue weighted by Gasteiger charge is -2.21. The number of aromatic hydroxyl groups is 1. The molecule has 0 radical (unpaired) electrons. The zero-order valence-corrected chi connectivity index (χ0v) is 17.9. The summed E-state index contributed by atoms with van der Waals surface area (Å²) in [4.78, 5) is 20.7. The van der Waals surface area contributed by atoms with Crippen molar-refractivity contribution < 1.29 is 32.9 Å². The van der Waals surface area contributed by atoms with Crippen LogP contribution < -0.4 is 15.0 Å². The van der Waals surface area contributed by atoms with Gasteiger partial charge in [0.25, 0.3) is 11.4 Å². The van der Waals surface area contributed by atoms with Crippen molar-refractivity contribution in [3.8, 4) is 34.5 Å². The highest BCUT2D eigenvalue weighted by atomic mass is 19.4. The van der Waals surface area contributed by atoms with E-state index in [0.717, 1.165) is 12.3 Å². The first kappa shape index (κ1) is 23.1. The summed E-state index contributed by atoms with van der Waals surface area (Å²) < 4.78 is 51.8. The molecule has 1 unspecified atom stereocenters. The van der Waals surface area contributed by atoms with Gasteiger partial charge in [-0.25, -0.2) is 9.97 Å². The molecule has 0 aliphatic heterocycles. The van der Waals surface area contributed by atoms with Crippen molar-refractivity contribution in [3.05, 3.63) is 59.3 Å². The fraction of sp³-hybridized carbons (Fsp3) is 0.227. The lowest BCUT2D eigenvalue weighted by molar-refractivity contribution is -0.177. The quantitative estimate of drug-likeness (QED) is 0.440. The number of halogens is 3. The molecule has 0 saturated carbocycles. The van der Waals surface area contributed by atoms with E-state index in [4.69, 9.17) is 9.47 Å². The van der Waals surface area contributed by atoms with Gasteiger partial charge in [0.15, 0.2) is 11.8 Å². The van der Waals surface area contributed by atoms with Crippen LogP contribution in [0.3, 0.4) is 0 Å². The molecule has 0 fully saturated rings. The Kier molecular flexibility index (Phi) is 5.92. The molecule has 34 heavy (non-hydrogen) atoms. The maximum Gasteiger partial charge on any atom is 0.411 e. The highest BCUT2D eigenvalue weighted by Gasteiger charge is 2.41. The molecule has 0 aliphatic carbocycles. The molecule has 0 spiro atoms. The van der Waals surface area contributed by atoms with Gasteiger partial charge in [0, 0.05) is 30.2 Å². The Bertz CT molecular complexity index is 1410. The van der Waals surface area contributed by atoms with Crippen molar-refractivity contribution in [2.75, 3.05) is 20.8 Å². The average Bonchev–Trinajstić information content (AvgIpc) is 3.15. The molecule has 0 aromatic carbocycles. The van der Waals surface area contributed by atoms with Crippen LogP contribution in [0.25, 0.3) is 27.8 Å². The van der Waals surface area contributed by atoms with Crippen molar-refractivity contribution in [2.45, 2.75) is 12.2 Å². The second-order valence-electron chi connectivity index (χ2n) is 7.26. The van der Waals surface area contributed by atoms with Gasteiger partial charge in [-0.3, -0.25) is 13.9 Å². The summed E-state index contributed by atoms with van der Waals surface area (Å²) in [5.41, 5.74) is 0.582. The molecular weight excluding hydrogens is 457 g/mol. The molecule has 9 nitrogen and oxygen atoms in total. The zero-order valence-electron chi connectivity index (χ0n) is 17.9. The standard InChI is InChI=1S/C22H19F3N4O5/c1-33-17-7-12(8-26-20(17)34-2)15-5-4-14-16(27-15)10-28(21(14)32)13-3-6-19(31)29(9-13)18(11-30)22(23,24)25/h3-10,18,30,32H,11H2,1-2H3. The van der Waals surface area contributed by atoms with Crippen LogP contribution in [-0.4, -0.2) is 56.3 Å². The number of hydrogen-bond acceptors (Lipinski definition) is 7. The maximum atomic E-state index is 13.3. The Balaban J connectivity index is 1.80. The molecular formula is C22H19F3N4O5. The highest BCUT2D eigenvalue weighted by Crippen LogP contribution is 2.34. The molecule has 4 aromatic heterocycles. The van der Waals surface area contributed by atoms with E-state index in [0.29, 0.717) is 38.4 Å². The predicted octanol–water partition coefficient (Wildman–Crippen LogP) is 3.07. The third-order valence-electron chi connectivity index (χ3n) is 5.26. The second-order valence-corrected chi connectivity index (χ2v) is 7.26. The molecule has 178 valence electrons. The summed E-state index contributed by atoms with van der Waals surface area (Å²) in [6.45, 7) is -1.31. The second kappa shape index (κ2) is 8.71. The van der Waals surface area contributed by atoms with Crippen molar-refractivity contribution in [3.63, 3.8) is 0 Å². The molecule has 12 heteroatoms. The van der Waals surface area contributed by atoms with E-state index in [9.17, 15) is 28.2 Å². The first-order chi connectivity index (χ1) is 16.2. The molecule has 2 N–H and O–H groups in total. The topological polar surface area (TPSA) is 112 Å². The van der Waals surface area contributed by atoms with Gasteiger partial charge >= 0.3 is 6.18 Å². The summed E-state index contributed by atoms with van der Waals surface area (Å²) in [7, 11) is 2.93. The van der Waals surface area contributed by atoms with E-state index < -0.39 is 24.4 Å². The van der Waals surface area contributed by atoms with E-state index in [-0.39, 0.29) is 11.6 Å². The number of alkyl halides is 3. The Morgan fingerprint density at radius 2 is 1.88 bits per heavy atom. The molecule has 0 bridgehead atoms. The maximum absolute atomic E-state index is 13.3. The van der Waals surface area contributed by atoms with Gasteiger partial charge in [-0.2, -0.15) is 13.2 Å². The van der Waals surface area contributed by atoms with Gasteiger partial charge in [0.1, 0.15) is 0 Å². The summed E-state index contributed by atoms with van der Waals surface area (Å²) in [5, 5.41) is 20.2. The van der Waals surface area contributed by atoms with Crippen molar-refractivity contribution >= 4 is 10.9 Å². The molecule has 0 amide bonds. The molecule has 4 rings (SSSR count). The third kappa shape index (κ3) is 4.03. The fourth-order valence-corrected chi connectivity index (χ4v) is 3.53. The van der Waals surface area contributed by atoms with Gasteiger partial charge in [0.2, 0.25) is 5.88 Å². The number of pyridine rings is 3. The van der Waals surface area contributed by atoms with Crippen LogP contribution >= 0.6 is 0 Å². The Morgan fingerprint density at radius 3 is 2.53 bits per heavy atom. The van der Waals surface area contributed by atoms with E-state index >= 15 is 0 Å². The van der Waals surface area contributed by atoms with Crippen LogP contribution in [0.1, 0.15) is 6.04 Å². The minimum Gasteiger partial charge on any atom is -0.494 e. The lowest BCUT2D eigenvalue weighted by Crippen LogP contribution is -2.36. The van der Waals surface area contributed by atoms with Crippen molar-refractivity contribution in [1.29, 1.82) is 0 Å². The molecule has 0 saturated heterocycles. The van der Waals surface area contributed by atoms with E-state index in [1.807, 2.05) is 0 Å². The van der Waals surface area contributed by atoms with Crippen LogP contribution in [-0.2, 0) is 0 Å². The number of rotatable bonds is 6. The summed E-state index contributed by atoms with van der Waals surface area (Å²) in [6, 6.07) is 4.70. The summed E-state index contributed by atoms with van der Waals surface area (Å²) >= 11 is 0. The predicted molar refractivity (Wildman–Crippen MR) is 116 cm³/mol. The zero-order chi connectivity index (χ0) is 24.6. The molecule has 4 aromatic rings. The number of aliphatic hydroxyl groups is 1. The smallest absolute Gasteiger partial charge is 0.411 e. The van der Waals surface area contributed by atoms with Gasteiger partial charge in [0.05, 0.1) is 43.1 Å². The summed E-state index contributed by atoms with van der Waals surface area (Å²) in [5.74, 6) is 0.413. The Morgan fingerprint density at radius 1 is 1.12 bits per heavy atom. The van der Waals surface area contributed by atoms with E-state index in [1.165, 1.54) is 37.2 Å². The van der Waals surface area contributed by atoms with E-state index in [2.05, 4.69) is 9.97 Å². The Hall–Kier alpha value is -4.06. The minimum absolute atomic E-state index is 0.0760. The number of aliphatic hydroxyl groups excluding tert-OH is 1. The molecule has 4 heterocycles. The van der Waals surface area contributed by atoms with Crippen LogP contribution in [0.2, 0.25) is 0 Å². The minimum atomic E-state index is -4.84. The first-order valence-corrected chi connectivity index (χ1v) is 9.87. The number of hydrogen-bond donors (Lipinski definition) is 2. The monoisotopic (exact) mass is 476 g/mol. The lowest BCUT2D eigenvalue weighted by atomic mass is 10.1. The highest BCUT2D eigenvalue weighted by molar-refractivity contribution is 5.87. The van der Waals surface area contributed by atoms with Gasteiger partial charge in [-0.05, 0) is 24.3 Å². The first-order valence-electron chi connectivity index (χ1n) is 9.87. The van der Waals surface area contributed by atoms with Crippen molar-refractivity contribution in [2.24, 2.45) is 0 Å². The van der Waals surface area contributed by atoms with Crippen LogP contribution in [0, 0.1) is 0 Å². The SMILES string of the molecule is COc1cc(-c2ccc3c(O)n(-c4ccc(=O)n(C(CO)C(F)(F)F)c4)cc3n2)cnc1OC. The van der Waals surface area contributed by atoms with Gasteiger partial charge in [-0.1, -0.05) is 0 Å². The largest absolute Gasteiger partial charge is 0.494 e. The number of fused-ring (bicyclic) bond motifs is 1. The van der Waals surface area contributed by atoms with Crippen LogP contribution in [0.5, 0.6) is 17.5 Å². The van der Waals surface area contributed by atoms with Crippen molar-refractivity contribution in [1.82, 2.24) is 19.1 Å². The molecule has 1 atom stereocenters. The Labute approximate surface area is 190 Å². The number of methoxy groups -OCH3 is 2. The fourth-order valence-electron chi connectivity index (χ4n) is 3.53. The average molecular weight is 476 g/mol. The van der Waals surface area contributed by atoms with E-state index in [1.54, 1.807) is 18.2 Å². The summed E-state index contributed by atoms with van der Waals surface area (Å²) in [6.07, 6.45) is -0.957. The van der Waals surface area contributed by atoms with Gasteiger partial charge in [-0.15, -0.1) is 0 Å². The van der Waals surface area contributed by atoms with Crippen LogP contribution in [0.15, 0.2) is 53.7 Å². The third-order valence-corrected chi connectivity index (χ3v) is 5.26. The molecule has 0 aliphatic rings. The van der Waals surface area contributed by atoms with Gasteiger partial charge < -0.3 is 19.7 Å².